The molecule has 2 N–H and O–H groups in total. The van der Waals surface area contributed by atoms with Crippen LogP contribution in [0.4, 0.5) is 13.2 Å². The number of nitrogens with one attached hydrogen (secondary N) is 1. The third kappa shape index (κ3) is 6.98. The third-order valence-corrected chi connectivity index (χ3v) is 6.17. The van der Waals surface area contributed by atoms with Gasteiger partial charge in [-0.25, -0.2) is 9.78 Å². The number of aryl methyl sites for hydroxylation is 1. The van der Waals surface area contributed by atoms with Crippen molar-refractivity contribution in [1.29, 1.82) is 0 Å². The molecule has 0 saturated carbocycles. The van der Waals surface area contributed by atoms with Gasteiger partial charge in [-0.15, -0.1) is 11.3 Å². The van der Waals surface area contributed by atoms with Crippen LogP contribution in [0.1, 0.15) is 36.4 Å². The first-order chi connectivity index (χ1) is 17.8. The van der Waals surface area contributed by atoms with E-state index < -0.39 is 17.5 Å². The summed E-state index contributed by atoms with van der Waals surface area (Å²) in [4.78, 5) is 19.1. The highest BCUT2D eigenvalue weighted by Crippen LogP contribution is 2.35. The van der Waals surface area contributed by atoms with E-state index >= 15 is 0 Å². The summed E-state index contributed by atoms with van der Waals surface area (Å²) in [6.45, 7) is 4.14. The average molecular weight is 538 g/mol. The van der Waals surface area contributed by atoms with Crippen LogP contribution < -0.4 is 15.2 Å². The van der Waals surface area contributed by atoms with Gasteiger partial charge in [0, 0.05) is 18.2 Å². The van der Waals surface area contributed by atoms with Crippen LogP contribution in [-0.4, -0.2) is 33.9 Å². The number of H-pyrrole nitrogens is 1. The van der Waals surface area contributed by atoms with Crippen molar-refractivity contribution in [2.24, 2.45) is 0 Å². The first-order valence-electron chi connectivity index (χ1n) is 11.4. The molecule has 0 radical (unpaired) electrons. The van der Waals surface area contributed by atoms with E-state index in [4.69, 9.17) is 9.47 Å². The molecule has 0 aliphatic heterocycles. The zero-order valence-corrected chi connectivity index (χ0v) is 21.2. The predicted octanol–water partition coefficient (Wildman–Crippen LogP) is 5.71. The predicted molar refractivity (Wildman–Crippen MR) is 133 cm³/mol. The van der Waals surface area contributed by atoms with E-state index in [1.54, 1.807) is 18.2 Å². The first-order valence-corrected chi connectivity index (χ1v) is 12.2. The van der Waals surface area contributed by atoms with Gasteiger partial charge in [0.15, 0.2) is 5.82 Å². The van der Waals surface area contributed by atoms with Gasteiger partial charge in [-0.3, -0.25) is 9.51 Å². The molecule has 0 amide bonds. The average Bonchev–Trinajstić information content (AvgIpc) is 3.52. The maximum absolute atomic E-state index is 12.9. The molecule has 0 bridgehead atoms. The van der Waals surface area contributed by atoms with Crippen molar-refractivity contribution in [2.75, 3.05) is 13.7 Å². The number of alkyl halides is 3. The van der Waals surface area contributed by atoms with E-state index in [0.717, 1.165) is 17.0 Å². The summed E-state index contributed by atoms with van der Waals surface area (Å²) in [7, 11) is 1.47. The van der Waals surface area contributed by atoms with E-state index in [0.29, 0.717) is 46.2 Å². The zero-order chi connectivity index (χ0) is 27.0. The lowest BCUT2D eigenvalue weighted by molar-refractivity contribution is -0.137. The number of thiazole rings is 1. The molecule has 12 heteroatoms. The van der Waals surface area contributed by atoms with E-state index in [9.17, 15) is 23.1 Å². The lowest BCUT2D eigenvalue weighted by Gasteiger charge is -2.10. The highest BCUT2D eigenvalue weighted by Gasteiger charge is 2.30. The monoisotopic (exact) mass is 537 g/mol. The maximum Gasteiger partial charge on any atom is 0.439 e. The van der Waals surface area contributed by atoms with Crippen LogP contribution in [0.2, 0.25) is 0 Å². The Morgan fingerprint density at radius 2 is 1.86 bits per heavy atom. The number of aliphatic hydroxyl groups excluding tert-OH is 1. The van der Waals surface area contributed by atoms with Crippen LogP contribution in [0.3, 0.4) is 0 Å². The molecule has 0 atom stereocenters. The molecule has 0 fully saturated rings. The summed E-state index contributed by atoms with van der Waals surface area (Å²) in [6, 6.07) is 9.80. The van der Waals surface area contributed by atoms with Gasteiger partial charge in [0.05, 0.1) is 28.8 Å². The van der Waals surface area contributed by atoms with E-state index in [1.165, 1.54) is 30.6 Å². The number of benzene rings is 2. The fourth-order valence-corrected chi connectivity index (χ4v) is 4.34. The lowest BCUT2D eigenvalue weighted by atomic mass is 10.1. The minimum absolute atomic E-state index is 0.0176. The molecule has 0 saturated heterocycles. The van der Waals surface area contributed by atoms with Crippen LogP contribution >= 0.6 is 11.3 Å². The number of aromatic nitrogens is 3. The Labute approximate surface area is 214 Å². The Morgan fingerprint density at radius 1 is 1.14 bits per heavy atom. The second-order valence-electron chi connectivity index (χ2n) is 7.39. The van der Waals surface area contributed by atoms with Crippen LogP contribution in [0.15, 0.2) is 51.8 Å². The normalized spacial score (nSPS) is 11.1. The molecule has 0 unspecified atom stereocenters. The van der Waals surface area contributed by atoms with Crippen molar-refractivity contribution in [1.82, 2.24) is 15.1 Å². The van der Waals surface area contributed by atoms with Gasteiger partial charge in [-0.1, -0.05) is 31.1 Å². The van der Waals surface area contributed by atoms with Gasteiger partial charge in [-0.05, 0) is 37.1 Å². The Bertz CT molecular complexity index is 1350. The number of hydrogen-bond acceptors (Lipinski definition) is 8. The molecule has 2 heterocycles. The van der Waals surface area contributed by atoms with Crippen molar-refractivity contribution >= 4 is 11.3 Å². The molecule has 37 heavy (non-hydrogen) atoms. The lowest BCUT2D eigenvalue weighted by Crippen LogP contribution is -2.03. The molecule has 4 aromatic rings. The summed E-state index contributed by atoms with van der Waals surface area (Å²) >= 11 is 1.32. The highest BCUT2D eigenvalue weighted by atomic mass is 32.1. The number of ether oxygens (including phenoxy) is 2. The number of nitrogens with zero attached hydrogens (tertiary/aromatic N) is 2. The molecule has 0 aliphatic carbocycles. The van der Waals surface area contributed by atoms with Crippen LogP contribution in [-0.2, 0) is 19.2 Å². The third-order valence-electron chi connectivity index (χ3n) is 5.05. The molecule has 0 spiro atoms. The largest absolute Gasteiger partial charge is 0.496 e. The number of methoxy groups -OCH3 is 1. The van der Waals surface area contributed by atoms with Crippen molar-refractivity contribution in [3.8, 4) is 33.5 Å². The molecule has 0 aliphatic rings. The minimum atomic E-state index is -4.41. The summed E-state index contributed by atoms with van der Waals surface area (Å²) in [5.41, 5.74) is 1.06. The first kappa shape index (κ1) is 27.9. The minimum Gasteiger partial charge on any atom is -0.496 e. The molecule has 2 aromatic heterocycles. The summed E-state index contributed by atoms with van der Waals surface area (Å²) in [5, 5.41) is 13.4. The summed E-state index contributed by atoms with van der Waals surface area (Å²) in [5.74, 6) is 0.413. The van der Waals surface area contributed by atoms with E-state index in [1.807, 2.05) is 13.8 Å². The van der Waals surface area contributed by atoms with Gasteiger partial charge in [-0.2, -0.15) is 13.2 Å². The van der Waals surface area contributed by atoms with Gasteiger partial charge < -0.3 is 14.6 Å². The van der Waals surface area contributed by atoms with Gasteiger partial charge in [0.25, 0.3) is 0 Å². The maximum atomic E-state index is 12.9. The van der Waals surface area contributed by atoms with Crippen LogP contribution in [0.25, 0.3) is 22.0 Å². The van der Waals surface area contributed by atoms with Crippen molar-refractivity contribution in [2.45, 2.75) is 39.5 Å². The van der Waals surface area contributed by atoms with Crippen LogP contribution in [0, 0.1) is 0 Å². The number of aromatic amines is 1. The second-order valence-corrected chi connectivity index (χ2v) is 8.47. The zero-order valence-electron chi connectivity index (χ0n) is 20.4. The topological polar surface area (TPSA) is 110 Å². The number of rotatable bonds is 9. The van der Waals surface area contributed by atoms with Crippen molar-refractivity contribution in [3.63, 3.8) is 0 Å². The van der Waals surface area contributed by atoms with Gasteiger partial charge in [0.2, 0.25) is 0 Å². The molecule has 2 aromatic carbocycles. The Morgan fingerprint density at radius 3 is 2.46 bits per heavy atom. The molecular formula is C25H26F3N3O5S. The van der Waals surface area contributed by atoms with E-state index in [2.05, 4.69) is 19.6 Å². The second kappa shape index (κ2) is 12.5. The summed E-state index contributed by atoms with van der Waals surface area (Å²) in [6.07, 6.45) is -3.43. The number of hydrogen-bond donors (Lipinski definition) is 2. The molecule has 8 nitrogen and oxygen atoms in total. The Hall–Kier alpha value is -3.64. The Balaban J connectivity index is 0.00000186. The SMILES string of the molecule is CC.COc1cc(OCc2sc(-c3ccc(C(F)(F)F)cc3)nc2CCCO)ccc1-c1noc(=O)[nH]1. The smallest absolute Gasteiger partial charge is 0.439 e. The highest BCUT2D eigenvalue weighted by molar-refractivity contribution is 7.15. The molecule has 4 rings (SSSR count). The summed E-state index contributed by atoms with van der Waals surface area (Å²) < 4.78 is 54.5. The molecular weight excluding hydrogens is 511 g/mol. The number of halogens is 3. The van der Waals surface area contributed by atoms with Gasteiger partial charge >= 0.3 is 11.9 Å². The van der Waals surface area contributed by atoms with Crippen molar-refractivity contribution in [3.05, 3.63) is 69.1 Å². The van der Waals surface area contributed by atoms with Crippen LogP contribution in [0.5, 0.6) is 11.5 Å². The fraction of sp³-hybridized carbons (Fsp3) is 0.320. The fourth-order valence-electron chi connectivity index (χ4n) is 3.31. The quantitative estimate of drug-likeness (QED) is 0.281. The molecule has 198 valence electrons. The number of aliphatic hydroxyl groups is 1. The van der Waals surface area contributed by atoms with Crippen molar-refractivity contribution < 1.29 is 32.3 Å². The standard InChI is InChI=1S/C23H20F3N3O5S.C2H6/c1-32-18-11-15(8-9-16(18)20-28-22(31)34-29-20)33-12-19-17(3-2-10-30)27-21(35-19)13-4-6-14(7-5-13)23(24,25)26;1-2/h4-9,11,30H,2-3,10,12H2,1H3,(H,28,29,31);1-2H3. The Kier molecular flexibility index (Phi) is 9.48. The van der Waals surface area contributed by atoms with E-state index in [-0.39, 0.29) is 19.0 Å². The van der Waals surface area contributed by atoms with Gasteiger partial charge in [0.1, 0.15) is 23.1 Å².